The van der Waals surface area contributed by atoms with Crippen LogP contribution in [0.1, 0.15) is 5.89 Å². The van der Waals surface area contributed by atoms with Crippen LogP contribution in [0.25, 0.3) is 0 Å². The van der Waals surface area contributed by atoms with Gasteiger partial charge in [-0.2, -0.15) is 0 Å². The normalized spacial score (nSPS) is 9.67. The van der Waals surface area contributed by atoms with Crippen LogP contribution in [0, 0.1) is 6.92 Å². The van der Waals surface area contributed by atoms with Crippen LogP contribution in [0.15, 0.2) is 4.52 Å². The molecule has 1 rings (SSSR count). The first-order valence-corrected chi connectivity index (χ1v) is 2.44. The molecule has 34 valence electrons. The molecule has 0 aromatic carbocycles. The van der Waals surface area contributed by atoms with Crippen molar-refractivity contribution in [3.8, 4) is 0 Å². The van der Waals surface area contributed by atoms with Gasteiger partial charge in [0.15, 0.2) is 0 Å². The number of hydrogen-bond acceptors (Lipinski definition) is 2. The lowest BCUT2D eigenvalue weighted by Crippen LogP contribution is -1.97. The van der Waals surface area contributed by atoms with Crippen molar-refractivity contribution >= 4 is 22.9 Å². The molecule has 0 aliphatic rings. The van der Waals surface area contributed by atoms with E-state index in [0.29, 0.717) is 0 Å². The summed E-state index contributed by atoms with van der Waals surface area (Å²) < 4.78 is 6.09. The molecule has 0 saturated heterocycles. The van der Waals surface area contributed by atoms with Crippen molar-refractivity contribution in [2.75, 3.05) is 0 Å². The molecule has 0 N–H and O–H groups in total. The van der Waals surface area contributed by atoms with Crippen molar-refractivity contribution in [1.82, 2.24) is 8.17 Å². The average molecular weight is 198 g/mol. The van der Waals surface area contributed by atoms with Crippen LogP contribution in [0.4, 0.5) is 0 Å². The zero-order valence-electron chi connectivity index (χ0n) is 3.18. The summed E-state index contributed by atoms with van der Waals surface area (Å²) in [6.45, 7) is 1.80. The lowest BCUT2D eigenvalue weighted by Gasteiger charge is -1.95. The van der Waals surface area contributed by atoms with Gasteiger partial charge in [0.25, 0.3) is 0 Å². The Balaban J connectivity index is 2.77. The fourth-order valence-corrected chi connectivity index (χ4v) is 0.814. The standard InChI is InChI=1S/C2H3IN2O/c1-2-4-5(3)6-2/h1H3. The van der Waals surface area contributed by atoms with Crippen molar-refractivity contribution in [2.24, 2.45) is 0 Å². The van der Waals surface area contributed by atoms with E-state index < -0.39 is 0 Å². The van der Waals surface area contributed by atoms with E-state index in [9.17, 15) is 0 Å². The summed E-state index contributed by atoms with van der Waals surface area (Å²) in [5.74, 6) is 0.726. The predicted octanol–water partition coefficient (Wildman–Crippen LogP) is 0.983. The molecule has 0 unspecified atom stereocenters. The van der Waals surface area contributed by atoms with E-state index in [1.54, 1.807) is 6.92 Å². The fraction of sp³-hybridized carbons (Fsp3) is 0.500. The second kappa shape index (κ2) is 1.25. The van der Waals surface area contributed by atoms with Crippen molar-refractivity contribution in [2.45, 2.75) is 6.92 Å². The Kier molecular flexibility index (Phi) is 0.868. The maximum absolute atomic E-state index is 4.71. The van der Waals surface area contributed by atoms with E-state index in [1.165, 1.54) is 3.07 Å². The second-order valence-electron chi connectivity index (χ2n) is 0.937. The molecule has 0 saturated carbocycles. The highest BCUT2D eigenvalue weighted by atomic mass is 127. The predicted molar refractivity (Wildman–Crippen MR) is 28.6 cm³/mol. The Morgan fingerprint density at radius 1 is 2.00 bits per heavy atom. The number of nitrogens with zero attached hydrogens (tertiary/aromatic N) is 2. The van der Waals surface area contributed by atoms with Gasteiger partial charge in [-0.3, -0.25) is 0 Å². The van der Waals surface area contributed by atoms with Gasteiger partial charge in [-0.05, 0) is 0 Å². The van der Waals surface area contributed by atoms with Crippen molar-refractivity contribution in [3.05, 3.63) is 5.89 Å². The quantitative estimate of drug-likeness (QED) is 0.581. The smallest absolute Gasteiger partial charge is 0.243 e. The van der Waals surface area contributed by atoms with Crippen molar-refractivity contribution < 1.29 is 4.52 Å². The minimum absolute atomic E-state index is 0.726. The molecule has 0 amide bonds. The first-order chi connectivity index (χ1) is 2.79. The summed E-state index contributed by atoms with van der Waals surface area (Å²) in [5.41, 5.74) is 0. The number of hydrogen-bond donors (Lipinski definition) is 0. The number of rotatable bonds is 0. The molecule has 0 atom stereocenters. The van der Waals surface area contributed by atoms with Gasteiger partial charge in [0.1, 0.15) is 22.9 Å². The molecular weight excluding hydrogens is 195 g/mol. The Morgan fingerprint density at radius 2 is 2.50 bits per heavy atom. The maximum Gasteiger partial charge on any atom is 0.243 e. The summed E-state index contributed by atoms with van der Waals surface area (Å²) in [4.78, 5) is 0. The molecule has 3 nitrogen and oxygen atoms in total. The van der Waals surface area contributed by atoms with Crippen LogP contribution < -0.4 is 0 Å². The van der Waals surface area contributed by atoms with E-state index in [-0.39, 0.29) is 0 Å². The second-order valence-corrected chi connectivity index (χ2v) is 1.76. The summed E-state index contributed by atoms with van der Waals surface area (Å²) in [5, 5.41) is 3.74. The number of halogens is 1. The molecular formula is C2H3IN2O. The summed E-state index contributed by atoms with van der Waals surface area (Å²) in [6.07, 6.45) is 0. The van der Waals surface area contributed by atoms with Crippen LogP contribution in [0.5, 0.6) is 0 Å². The van der Waals surface area contributed by atoms with Crippen LogP contribution in [0.3, 0.4) is 0 Å². The minimum atomic E-state index is 0.726. The largest absolute Gasteiger partial charge is 0.336 e. The van der Waals surface area contributed by atoms with Gasteiger partial charge in [0.05, 0.1) is 0 Å². The Bertz CT molecular complexity index is 109. The molecule has 1 heterocycles. The fourth-order valence-electron chi connectivity index (χ4n) is 0.226. The van der Waals surface area contributed by atoms with Crippen molar-refractivity contribution in [3.63, 3.8) is 0 Å². The maximum atomic E-state index is 4.71. The molecule has 0 radical (unpaired) electrons. The van der Waals surface area contributed by atoms with Gasteiger partial charge < -0.3 is 4.52 Å². The SMILES string of the molecule is Cc1nn(I)o1. The molecule has 1 aromatic heterocycles. The Morgan fingerprint density at radius 3 is 2.50 bits per heavy atom. The van der Waals surface area contributed by atoms with E-state index in [4.69, 9.17) is 4.52 Å². The number of aryl methyl sites for hydroxylation is 1. The third kappa shape index (κ3) is 0.562. The summed E-state index contributed by atoms with van der Waals surface area (Å²) >= 11 is 1.93. The highest BCUT2D eigenvalue weighted by Gasteiger charge is 1.91. The Hall–Kier alpha value is -0.0000000000000000555. The molecule has 0 bridgehead atoms. The molecule has 0 spiro atoms. The van der Waals surface area contributed by atoms with E-state index in [0.717, 1.165) is 5.89 Å². The lowest BCUT2D eigenvalue weighted by atomic mass is 10.8. The van der Waals surface area contributed by atoms with E-state index >= 15 is 0 Å². The zero-order valence-corrected chi connectivity index (χ0v) is 5.34. The average Bonchev–Trinajstić information content (AvgIpc) is 1.33. The third-order valence-corrected chi connectivity index (χ3v) is 0.840. The minimum Gasteiger partial charge on any atom is -0.336 e. The highest BCUT2D eigenvalue weighted by molar-refractivity contribution is 14.1. The molecule has 0 aliphatic carbocycles. The Labute approximate surface area is 48.8 Å². The molecule has 0 fully saturated rings. The van der Waals surface area contributed by atoms with Gasteiger partial charge in [-0.1, -0.05) is 8.17 Å². The van der Waals surface area contributed by atoms with Gasteiger partial charge in [0, 0.05) is 6.92 Å². The van der Waals surface area contributed by atoms with Gasteiger partial charge in [-0.25, -0.2) is 0 Å². The first-order valence-electron chi connectivity index (χ1n) is 1.48. The van der Waals surface area contributed by atoms with Gasteiger partial charge in [-0.15, -0.1) is 0 Å². The number of aromatic nitrogens is 2. The zero-order chi connectivity index (χ0) is 4.57. The molecule has 1 aromatic rings. The van der Waals surface area contributed by atoms with E-state index in [2.05, 4.69) is 5.10 Å². The lowest BCUT2D eigenvalue weighted by molar-refractivity contribution is 0.240. The van der Waals surface area contributed by atoms with Crippen molar-refractivity contribution in [1.29, 1.82) is 0 Å². The van der Waals surface area contributed by atoms with Crippen LogP contribution in [0.2, 0.25) is 0 Å². The highest BCUT2D eigenvalue weighted by Crippen LogP contribution is 1.96. The van der Waals surface area contributed by atoms with Crippen LogP contribution >= 0.6 is 22.9 Å². The topological polar surface area (TPSA) is 31.0 Å². The molecule has 0 aliphatic heterocycles. The van der Waals surface area contributed by atoms with Crippen LogP contribution in [-0.4, -0.2) is 8.17 Å². The monoisotopic (exact) mass is 198 g/mol. The molecule has 4 heteroatoms. The third-order valence-electron chi connectivity index (χ3n) is 0.427. The summed E-state index contributed by atoms with van der Waals surface area (Å²) in [6, 6.07) is 0. The van der Waals surface area contributed by atoms with Gasteiger partial charge in [0.2, 0.25) is 5.89 Å². The van der Waals surface area contributed by atoms with Gasteiger partial charge >= 0.3 is 0 Å². The van der Waals surface area contributed by atoms with E-state index in [1.807, 2.05) is 22.9 Å². The summed E-state index contributed by atoms with van der Waals surface area (Å²) in [7, 11) is 0. The first kappa shape index (κ1) is 4.17. The van der Waals surface area contributed by atoms with Crippen LogP contribution in [-0.2, 0) is 0 Å². The molecule has 6 heavy (non-hydrogen) atoms.